The molecule has 2 nitrogen and oxygen atoms in total. The molecular weight excluding hydrogens is 569 g/mol. The Balaban J connectivity index is 1.09. The summed E-state index contributed by atoms with van der Waals surface area (Å²) in [6.45, 7) is 4.87. The molecule has 0 spiro atoms. The highest BCUT2D eigenvalue weighted by Gasteiger charge is 2.49. The first kappa shape index (κ1) is 28.9. The van der Waals surface area contributed by atoms with Gasteiger partial charge in [-0.2, -0.15) is 0 Å². The van der Waals surface area contributed by atoms with Gasteiger partial charge in [-0.3, -0.25) is 0 Å². The van der Waals surface area contributed by atoms with Crippen molar-refractivity contribution >= 4 is 27.5 Å². The van der Waals surface area contributed by atoms with Crippen LogP contribution in [0.3, 0.4) is 0 Å². The van der Waals surface area contributed by atoms with E-state index in [1.54, 1.807) is 5.57 Å². The highest BCUT2D eigenvalue weighted by Crippen LogP contribution is 2.53. The molecule has 2 heterocycles. The number of rotatable bonds is 5. The molecular formula is C45H46N2. The Hall–Kier alpha value is -4.30. The molecule has 1 fully saturated rings. The van der Waals surface area contributed by atoms with Crippen LogP contribution in [0, 0.1) is 17.8 Å². The molecule has 0 bridgehead atoms. The molecule has 3 aliphatic carbocycles. The van der Waals surface area contributed by atoms with Crippen LogP contribution in [0.2, 0.25) is 0 Å². The summed E-state index contributed by atoms with van der Waals surface area (Å²) in [6, 6.07) is 37.1. The second kappa shape index (κ2) is 11.4. The van der Waals surface area contributed by atoms with E-state index < -0.39 is 0 Å². The summed E-state index contributed by atoms with van der Waals surface area (Å²) < 4.78 is 2.44. The van der Waals surface area contributed by atoms with Crippen LogP contribution in [-0.2, 0) is 0 Å². The lowest BCUT2D eigenvalue weighted by atomic mass is 9.73. The maximum atomic E-state index is 2.71. The van der Waals surface area contributed by atoms with Crippen molar-refractivity contribution < 1.29 is 0 Å². The Morgan fingerprint density at radius 2 is 1.32 bits per heavy atom. The molecule has 0 saturated heterocycles. The normalized spacial score (nSPS) is 25.0. The second-order valence-corrected chi connectivity index (χ2v) is 15.0. The average molecular weight is 615 g/mol. The quantitative estimate of drug-likeness (QED) is 0.179. The Bertz CT molecular complexity index is 1980. The average Bonchev–Trinajstić information content (AvgIpc) is 3.58. The van der Waals surface area contributed by atoms with Crippen molar-refractivity contribution in [3.63, 3.8) is 0 Å². The SMILES string of the molecule is CC1C=CC2=C(C1)C1C=CCCC1(C)N2c1ccc(C(c2ccc(-n3c4ccccc4c4ccccc43)cc2)C2CCCCC2)cc1. The molecule has 0 N–H and O–H groups in total. The molecule has 2 heteroatoms. The van der Waals surface area contributed by atoms with Crippen LogP contribution in [-0.4, -0.2) is 10.1 Å². The van der Waals surface area contributed by atoms with E-state index in [4.69, 9.17) is 0 Å². The summed E-state index contributed by atoms with van der Waals surface area (Å²) >= 11 is 0. The number of nitrogens with zero attached hydrogens (tertiary/aromatic N) is 2. The molecule has 47 heavy (non-hydrogen) atoms. The summed E-state index contributed by atoms with van der Waals surface area (Å²) in [7, 11) is 0. The van der Waals surface area contributed by atoms with Gasteiger partial charge in [-0.05, 0) is 110 Å². The number of hydrogen-bond acceptors (Lipinski definition) is 1. The van der Waals surface area contributed by atoms with Crippen molar-refractivity contribution in [1.29, 1.82) is 0 Å². The zero-order valence-electron chi connectivity index (χ0n) is 27.9. The minimum Gasteiger partial charge on any atom is -0.335 e. The maximum Gasteiger partial charge on any atom is 0.0541 e. The van der Waals surface area contributed by atoms with Crippen molar-refractivity contribution in [3.05, 3.63) is 144 Å². The summed E-state index contributed by atoms with van der Waals surface area (Å²) in [6.07, 6.45) is 20.0. The molecule has 1 saturated carbocycles. The molecule has 4 unspecified atom stereocenters. The van der Waals surface area contributed by atoms with Gasteiger partial charge in [-0.1, -0.05) is 105 Å². The Kier molecular flexibility index (Phi) is 7.03. The van der Waals surface area contributed by atoms with E-state index in [-0.39, 0.29) is 5.54 Å². The predicted octanol–water partition coefficient (Wildman–Crippen LogP) is 11.9. The topological polar surface area (TPSA) is 8.17 Å². The fraction of sp³-hybridized carbons (Fsp3) is 0.333. The standard InChI is InChI=1S/C45H46N2/c1-31-19-28-43-39(30-31)40-16-10-11-29-45(40,2)47(43)36-26-22-34(23-27-36)44(32-12-4-3-5-13-32)33-20-24-35(25-21-33)46-41-17-8-6-14-37(41)38-15-7-9-18-42(38)46/h6-10,14-28,31-32,40,44H,3-5,11-13,29-30H2,1-2H3. The minimum absolute atomic E-state index is 0.112. The third kappa shape index (κ3) is 4.66. The van der Waals surface area contributed by atoms with Gasteiger partial charge < -0.3 is 9.47 Å². The van der Waals surface area contributed by atoms with Gasteiger partial charge in [0.1, 0.15) is 0 Å². The molecule has 5 aromatic rings. The van der Waals surface area contributed by atoms with E-state index in [9.17, 15) is 0 Å². The zero-order chi connectivity index (χ0) is 31.5. The van der Waals surface area contributed by atoms with Crippen molar-refractivity contribution in [3.8, 4) is 5.69 Å². The van der Waals surface area contributed by atoms with Gasteiger partial charge in [0.2, 0.25) is 0 Å². The van der Waals surface area contributed by atoms with Gasteiger partial charge in [-0.25, -0.2) is 0 Å². The first-order chi connectivity index (χ1) is 23.1. The molecule has 0 amide bonds. The molecule has 4 aromatic carbocycles. The first-order valence-electron chi connectivity index (χ1n) is 18.2. The van der Waals surface area contributed by atoms with Crippen molar-refractivity contribution in [2.45, 2.75) is 76.7 Å². The van der Waals surface area contributed by atoms with Crippen LogP contribution in [0.4, 0.5) is 5.69 Å². The molecule has 9 rings (SSSR count). The molecule has 236 valence electrons. The summed E-state index contributed by atoms with van der Waals surface area (Å²) in [5.74, 6) is 2.24. The monoisotopic (exact) mass is 614 g/mol. The third-order valence-electron chi connectivity index (χ3n) is 12.1. The van der Waals surface area contributed by atoms with E-state index in [1.807, 2.05) is 0 Å². The predicted molar refractivity (Wildman–Crippen MR) is 198 cm³/mol. The van der Waals surface area contributed by atoms with E-state index in [2.05, 4.69) is 145 Å². The van der Waals surface area contributed by atoms with Gasteiger partial charge >= 0.3 is 0 Å². The van der Waals surface area contributed by atoms with Crippen LogP contribution in [0.25, 0.3) is 27.5 Å². The fourth-order valence-electron chi connectivity index (χ4n) is 9.88. The number of benzene rings is 4. The van der Waals surface area contributed by atoms with Crippen LogP contribution >= 0.6 is 0 Å². The lowest BCUT2D eigenvalue weighted by molar-refractivity contribution is 0.327. The summed E-state index contributed by atoms with van der Waals surface area (Å²) in [5, 5.41) is 2.63. The number of anilines is 1. The minimum atomic E-state index is 0.112. The van der Waals surface area contributed by atoms with Crippen molar-refractivity contribution in [2.75, 3.05) is 4.90 Å². The van der Waals surface area contributed by atoms with Crippen LogP contribution in [0.15, 0.2) is 133 Å². The van der Waals surface area contributed by atoms with E-state index in [0.29, 0.717) is 23.7 Å². The lowest BCUT2D eigenvalue weighted by Crippen LogP contribution is -2.47. The van der Waals surface area contributed by atoms with Gasteiger partial charge in [0.05, 0.1) is 16.6 Å². The summed E-state index contributed by atoms with van der Waals surface area (Å²) in [4.78, 5) is 2.71. The number of para-hydroxylation sites is 2. The third-order valence-corrected chi connectivity index (χ3v) is 12.1. The Labute approximate surface area is 280 Å². The maximum absolute atomic E-state index is 2.71. The van der Waals surface area contributed by atoms with Crippen molar-refractivity contribution in [2.24, 2.45) is 17.8 Å². The Morgan fingerprint density at radius 1 is 0.702 bits per heavy atom. The van der Waals surface area contributed by atoms with Crippen LogP contribution in [0.5, 0.6) is 0 Å². The van der Waals surface area contributed by atoms with Gasteiger partial charge in [0.25, 0.3) is 0 Å². The van der Waals surface area contributed by atoms with Gasteiger partial charge in [0.15, 0.2) is 0 Å². The molecule has 4 atom stereocenters. The lowest BCUT2D eigenvalue weighted by Gasteiger charge is -2.43. The number of aromatic nitrogens is 1. The number of fused-ring (bicyclic) bond motifs is 5. The Morgan fingerprint density at radius 3 is 1.98 bits per heavy atom. The fourth-order valence-corrected chi connectivity index (χ4v) is 9.88. The second-order valence-electron chi connectivity index (χ2n) is 15.0. The highest BCUT2D eigenvalue weighted by atomic mass is 15.2. The van der Waals surface area contributed by atoms with Crippen LogP contribution < -0.4 is 4.90 Å². The molecule has 0 radical (unpaired) electrons. The smallest absolute Gasteiger partial charge is 0.0541 e. The molecule has 1 aromatic heterocycles. The van der Waals surface area contributed by atoms with Gasteiger partial charge in [-0.15, -0.1) is 0 Å². The summed E-state index contributed by atoms with van der Waals surface area (Å²) in [5.41, 5.74) is 11.3. The van der Waals surface area contributed by atoms with E-state index >= 15 is 0 Å². The zero-order valence-corrected chi connectivity index (χ0v) is 27.9. The largest absolute Gasteiger partial charge is 0.335 e. The van der Waals surface area contributed by atoms with Crippen molar-refractivity contribution in [1.82, 2.24) is 4.57 Å². The first-order valence-corrected chi connectivity index (χ1v) is 18.2. The van der Waals surface area contributed by atoms with Gasteiger partial charge in [0, 0.05) is 39.7 Å². The number of hydrogen-bond donors (Lipinski definition) is 0. The van der Waals surface area contributed by atoms with E-state index in [1.165, 1.54) is 95.0 Å². The molecule has 4 aliphatic rings. The van der Waals surface area contributed by atoms with Crippen LogP contribution in [0.1, 0.15) is 82.3 Å². The van der Waals surface area contributed by atoms with E-state index in [0.717, 1.165) is 6.42 Å². The molecule has 1 aliphatic heterocycles. The highest BCUT2D eigenvalue weighted by molar-refractivity contribution is 6.09. The number of allylic oxidation sites excluding steroid dienone is 3.